The van der Waals surface area contributed by atoms with Gasteiger partial charge in [-0.2, -0.15) is 0 Å². The zero-order valence-corrected chi connectivity index (χ0v) is 24.7. The zero-order chi connectivity index (χ0) is 29.8. The average Bonchev–Trinajstić information content (AvgIpc) is 2.98. The lowest BCUT2D eigenvalue weighted by atomic mass is 10.0. The molecule has 9 heteroatoms. The van der Waals surface area contributed by atoms with Crippen molar-refractivity contribution in [3.63, 3.8) is 0 Å². The van der Waals surface area contributed by atoms with Crippen LogP contribution in [-0.2, 0) is 27.5 Å². The van der Waals surface area contributed by atoms with Crippen LogP contribution in [0.2, 0.25) is 0 Å². The molecule has 0 bridgehead atoms. The molecule has 0 aromatic heterocycles. The first-order chi connectivity index (χ1) is 19.6. The molecule has 3 aromatic rings. The van der Waals surface area contributed by atoms with Gasteiger partial charge < -0.3 is 21.3 Å². The van der Waals surface area contributed by atoms with Gasteiger partial charge in [-0.15, -0.1) is 0 Å². The zero-order valence-electron chi connectivity index (χ0n) is 23.7. The summed E-state index contributed by atoms with van der Waals surface area (Å²) >= 11 is 0. The summed E-state index contributed by atoms with van der Waals surface area (Å²) < 4.78 is 0. The molecule has 0 fully saturated rings. The Labute approximate surface area is 245 Å². The summed E-state index contributed by atoms with van der Waals surface area (Å²) in [7, 11) is 3.48. The molecule has 2 atom stereocenters. The molecule has 1 unspecified atom stereocenters. The molecule has 3 radical (unpaired) electrons. The SMILES string of the molecule is CCC(NC(=O)[C@@]([Si])(CC(C)C)NC(=O)NCc1ccccc1)C(=O)C(=O)NCc1ccc(-c2ccccc2)cc1. The van der Waals surface area contributed by atoms with Crippen LogP contribution in [0.25, 0.3) is 11.1 Å². The average molecular weight is 570 g/mol. The smallest absolute Gasteiger partial charge is 0.315 e. The fourth-order valence-corrected chi connectivity index (χ4v) is 4.93. The van der Waals surface area contributed by atoms with Crippen molar-refractivity contribution < 1.29 is 19.2 Å². The minimum absolute atomic E-state index is 0.0278. The number of carbonyl (C=O) groups is 4. The summed E-state index contributed by atoms with van der Waals surface area (Å²) in [5.41, 5.74) is 3.88. The van der Waals surface area contributed by atoms with Gasteiger partial charge in [-0.25, -0.2) is 4.79 Å². The van der Waals surface area contributed by atoms with Gasteiger partial charge in [0.2, 0.25) is 11.7 Å². The Bertz CT molecular complexity index is 1320. The van der Waals surface area contributed by atoms with Crippen LogP contribution in [0.3, 0.4) is 0 Å². The van der Waals surface area contributed by atoms with Crippen molar-refractivity contribution >= 4 is 33.9 Å². The highest BCUT2D eigenvalue weighted by atomic mass is 28.1. The van der Waals surface area contributed by atoms with Crippen LogP contribution < -0.4 is 21.3 Å². The Morgan fingerprint density at radius 1 is 0.756 bits per heavy atom. The maximum atomic E-state index is 13.3. The van der Waals surface area contributed by atoms with Crippen molar-refractivity contribution in [1.29, 1.82) is 0 Å². The van der Waals surface area contributed by atoms with Crippen LogP contribution >= 0.6 is 0 Å². The monoisotopic (exact) mass is 569 g/mol. The van der Waals surface area contributed by atoms with Gasteiger partial charge >= 0.3 is 6.03 Å². The highest BCUT2D eigenvalue weighted by Gasteiger charge is 2.38. The van der Waals surface area contributed by atoms with Gasteiger partial charge in [0.1, 0.15) is 5.16 Å². The first-order valence-corrected chi connectivity index (χ1v) is 14.2. The number of hydrogen-bond acceptors (Lipinski definition) is 4. The minimum Gasteiger partial charge on any atom is -0.345 e. The van der Waals surface area contributed by atoms with Crippen LogP contribution in [0, 0.1) is 5.92 Å². The number of carbonyl (C=O) groups excluding carboxylic acids is 4. The van der Waals surface area contributed by atoms with Crippen molar-refractivity contribution in [2.45, 2.75) is 57.9 Å². The Morgan fingerprint density at radius 2 is 1.29 bits per heavy atom. The van der Waals surface area contributed by atoms with E-state index < -0.39 is 34.8 Å². The fraction of sp³-hybridized carbons (Fsp3) is 0.312. The molecular weight excluding hydrogens is 532 g/mol. The molecule has 4 N–H and O–H groups in total. The molecule has 4 amide bonds. The summed E-state index contributed by atoms with van der Waals surface area (Å²) in [5, 5.41) is 9.26. The Kier molecular flexibility index (Phi) is 11.4. The van der Waals surface area contributed by atoms with Gasteiger partial charge in [0, 0.05) is 13.1 Å². The third kappa shape index (κ3) is 9.42. The molecule has 0 saturated heterocycles. The van der Waals surface area contributed by atoms with Gasteiger partial charge in [-0.05, 0) is 41.0 Å². The highest BCUT2D eigenvalue weighted by molar-refractivity contribution is 6.39. The third-order valence-electron chi connectivity index (χ3n) is 6.49. The van der Waals surface area contributed by atoms with Crippen molar-refractivity contribution in [3.05, 3.63) is 96.1 Å². The maximum Gasteiger partial charge on any atom is 0.315 e. The number of benzene rings is 3. The number of hydrogen-bond donors (Lipinski definition) is 4. The summed E-state index contributed by atoms with van der Waals surface area (Å²) in [6, 6.07) is 25.4. The molecule has 41 heavy (non-hydrogen) atoms. The summed E-state index contributed by atoms with van der Waals surface area (Å²) in [6.45, 7) is 5.98. The molecule has 0 spiro atoms. The van der Waals surface area contributed by atoms with Gasteiger partial charge in [0.05, 0.1) is 16.3 Å². The Hall–Kier alpha value is -4.24. The molecule has 0 aliphatic carbocycles. The van der Waals surface area contributed by atoms with Crippen LogP contribution in [0.4, 0.5) is 4.79 Å². The van der Waals surface area contributed by atoms with Crippen molar-refractivity contribution in [3.8, 4) is 11.1 Å². The van der Waals surface area contributed by atoms with E-state index in [4.69, 9.17) is 0 Å². The molecular formula is C32H37N4O4Si. The molecule has 213 valence electrons. The van der Waals surface area contributed by atoms with Gasteiger partial charge in [0.25, 0.3) is 5.91 Å². The van der Waals surface area contributed by atoms with Crippen molar-refractivity contribution in [2.75, 3.05) is 0 Å². The standard InChI is InChI=1S/C32H37N4O4Si/c1-4-27(28(37)29(38)33-20-24-15-17-26(18-16-24)25-13-9-6-10-14-25)35-30(39)32(41,19-22(2)3)36-31(40)34-21-23-11-7-5-8-12-23/h5-18,22,27H,4,19-21H2,1-3H3,(H,33,38)(H,35,39)(H2,34,36,40)/t27?,32-/m0/s1. The molecule has 0 saturated carbocycles. The lowest BCUT2D eigenvalue weighted by molar-refractivity contribution is -0.140. The molecule has 0 aliphatic rings. The quantitative estimate of drug-likeness (QED) is 0.185. The predicted octanol–water partition coefficient (Wildman–Crippen LogP) is 3.84. The van der Waals surface area contributed by atoms with E-state index >= 15 is 0 Å². The normalized spacial score (nSPS) is 13.0. The maximum absolute atomic E-state index is 13.3. The number of amides is 4. The largest absolute Gasteiger partial charge is 0.345 e. The Morgan fingerprint density at radius 3 is 1.88 bits per heavy atom. The topological polar surface area (TPSA) is 116 Å². The van der Waals surface area contributed by atoms with E-state index in [0.29, 0.717) is 0 Å². The predicted molar refractivity (Wildman–Crippen MR) is 161 cm³/mol. The van der Waals surface area contributed by atoms with E-state index in [-0.39, 0.29) is 31.8 Å². The molecule has 0 heterocycles. The van der Waals surface area contributed by atoms with Crippen LogP contribution in [0.5, 0.6) is 0 Å². The molecule has 0 aliphatic heterocycles. The number of ketones is 1. The molecule has 8 nitrogen and oxygen atoms in total. The highest BCUT2D eigenvalue weighted by Crippen LogP contribution is 2.19. The van der Waals surface area contributed by atoms with Crippen LogP contribution in [0.1, 0.15) is 44.7 Å². The second-order valence-corrected chi connectivity index (χ2v) is 11.2. The summed E-state index contributed by atoms with van der Waals surface area (Å²) in [5.74, 6) is -2.13. The molecule has 3 aromatic carbocycles. The summed E-state index contributed by atoms with van der Waals surface area (Å²) in [4.78, 5) is 51.7. The van der Waals surface area contributed by atoms with E-state index in [9.17, 15) is 19.2 Å². The minimum atomic E-state index is -1.49. The second-order valence-electron chi connectivity index (χ2n) is 10.3. The third-order valence-corrected chi connectivity index (χ3v) is 7.05. The van der Waals surface area contributed by atoms with Crippen LogP contribution in [0.15, 0.2) is 84.9 Å². The lowest BCUT2D eigenvalue weighted by Gasteiger charge is -2.32. The number of urea groups is 1. The Balaban J connectivity index is 1.58. The summed E-state index contributed by atoms with van der Waals surface area (Å²) in [6.07, 6.45) is 0.457. The first-order valence-electron chi connectivity index (χ1n) is 13.7. The number of Topliss-reactive ketones (excluding diaryl/α,β-unsaturated/α-hetero) is 1. The lowest BCUT2D eigenvalue weighted by Crippen LogP contribution is -2.64. The van der Waals surface area contributed by atoms with E-state index in [0.717, 1.165) is 22.3 Å². The number of rotatable bonds is 13. The van der Waals surface area contributed by atoms with E-state index in [2.05, 4.69) is 31.5 Å². The second kappa shape index (κ2) is 14.9. The van der Waals surface area contributed by atoms with Gasteiger partial charge in [-0.3, -0.25) is 14.4 Å². The van der Waals surface area contributed by atoms with Crippen LogP contribution in [-0.4, -0.2) is 45.1 Å². The van der Waals surface area contributed by atoms with Gasteiger partial charge in [-0.1, -0.05) is 106 Å². The van der Waals surface area contributed by atoms with E-state index in [1.807, 2.05) is 98.8 Å². The van der Waals surface area contributed by atoms with E-state index in [1.54, 1.807) is 6.92 Å². The first kappa shape index (κ1) is 31.3. The van der Waals surface area contributed by atoms with Crippen molar-refractivity contribution in [2.24, 2.45) is 5.92 Å². The van der Waals surface area contributed by atoms with E-state index in [1.165, 1.54) is 0 Å². The molecule has 3 rings (SSSR count). The fourth-order valence-electron chi connectivity index (χ4n) is 4.34. The van der Waals surface area contributed by atoms with Crippen molar-refractivity contribution in [1.82, 2.24) is 21.3 Å². The number of nitrogens with one attached hydrogen (secondary N) is 4. The van der Waals surface area contributed by atoms with Gasteiger partial charge in [0.15, 0.2) is 0 Å².